The van der Waals surface area contributed by atoms with Crippen LogP contribution < -0.4 is 0 Å². The molecule has 5 heteroatoms. The van der Waals surface area contributed by atoms with Crippen LogP contribution in [0.5, 0.6) is 0 Å². The molecule has 0 aliphatic heterocycles. The summed E-state index contributed by atoms with van der Waals surface area (Å²) < 4.78 is 9.30. The molecule has 0 saturated carbocycles. The highest BCUT2D eigenvalue weighted by Gasteiger charge is 2.21. The normalized spacial score (nSPS) is 10.3. The van der Waals surface area contributed by atoms with Gasteiger partial charge in [-0.2, -0.15) is 0 Å². The zero-order valence-electron chi connectivity index (χ0n) is 10.9. The van der Waals surface area contributed by atoms with Gasteiger partial charge in [0, 0.05) is 5.39 Å². The Labute approximate surface area is 110 Å². The van der Waals surface area contributed by atoms with E-state index in [0.29, 0.717) is 5.52 Å². The molecule has 0 saturated heterocycles. The minimum atomic E-state index is -0.664. The van der Waals surface area contributed by atoms with Crippen LogP contribution in [0.15, 0.2) is 24.3 Å². The molecule has 0 aliphatic carbocycles. The first kappa shape index (κ1) is 13.0. The fourth-order valence-electron chi connectivity index (χ4n) is 1.81. The lowest BCUT2D eigenvalue weighted by Gasteiger charge is -2.08. The van der Waals surface area contributed by atoms with Gasteiger partial charge in [-0.3, -0.25) is 0 Å². The highest BCUT2D eigenvalue weighted by atomic mass is 16.5. The van der Waals surface area contributed by atoms with Crippen LogP contribution in [0.1, 0.15) is 26.4 Å². The summed E-state index contributed by atoms with van der Waals surface area (Å²) in [6.07, 6.45) is 0. The summed E-state index contributed by atoms with van der Waals surface area (Å²) in [7, 11) is 2.49. The van der Waals surface area contributed by atoms with E-state index in [-0.39, 0.29) is 11.3 Å². The van der Waals surface area contributed by atoms with E-state index in [9.17, 15) is 9.59 Å². The van der Waals surface area contributed by atoms with Gasteiger partial charge in [0.15, 0.2) is 5.69 Å². The Morgan fingerprint density at radius 1 is 1.05 bits per heavy atom. The molecular weight excluding hydrogens is 246 g/mol. The largest absolute Gasteiger partial charge is 0.465 e. The van der Waals surface area contributed by atoms with Gasteiger partial charge in [0.2, 0.25) is 0 Å². The number of pyridine rings is 1. The third-order valence-electron chi connectivity index (χ3n) is 2.75. The lowest BCUT2D eigenvalue weighted by molar-refractivity contribution is 0.0550. The number of ether oxygens (including phenoxy) is 2. The van der Waals surface area contributed by atoms with Gasteiger partial charge in [-0.25, -0.2) is 14.6 Å². The predicted molar refractivity (Wildman–Crippen MR) is 69.2 cm³/mol. The summed E-state index contributed by atoms with van der Waals surface area (Å²) >= 11 is 0. The fourth-order valence-corrected chi connectivity index (χ4v) is 1.81. The van der Waals surface area contributed by atoms with Gasteiger partial charge in [0.05, 0.1) is 25.3 Å². The number of esters is 2. The Kier molecular flexibility index (Phi) is 3.46. The van der Waals surface area contributed by atoms with Crippen LogP contribution in [-0.4, -0.2) is 31.1 Å². The third kappa shape index (κ3) is 2.40. The standard InChI is InChI=1S/C14H13NO4/c1-8-4-5-11-9(6-8)7-10(13(16)18-2)12(15-11)14(17)19-3/h4-7H,1-3H3. The number of carbonyl (C=O) groups is 2. The summed E-state index contributed by atoms with van der Waals surface area (Å²) in [6, 6.07) is 7.15. The third-order valence-corrected chi connectivity index (χ3v) is 2.75. The molecule has 1 heterocycles. The van der Waals surface area contributed by atoms with Crippen molar-refractivity contribution in [2.24, 2.45) is 0 Å². The van der Waals surface area contributed by atoms with Crippen molar-refractivity contribution < 1.29 is 19.1 Å². The predicted octanol–water partition coefficient (Wildman–Crippen LogP) is 2.12. The van der Waals surface area contributed by atoms with E-state index in [1.54, 1.807) is 12.1 Å². The van der Waals surface area contributed by atoms with Crippen molar-refractivity contribution in [1.29, 1.82) is 0 Å². The number of methoxy groups -OCH3 is 2. The molecule has 5 nitrogen and oxygen atoms in total. The monoisotopic (exact) mass is 259 g/mol. The van der Waals surface area contributed by atoms with Crippen LogP contribution in [0, 0.1) is 6.92 Å². The topological polar surface area (TPSA) is 65.5 Å². The second kappa shape index (κ2) is 5.06. The summed E-state index contributed by atoms with van der Waals surface area (Å²) in [5, 5.41) is 0.771. The number of aryl methyl sites for hydroxylation is 1. The van der Waals surface area contributed by atoms with Crippen molar-refractivity contribution in [3.8, 4) is 0 Å². The Bertz CT molecular complexity index is 664. The minimum absolute atomic E-state index is 0.0364. The molecule has 1 aromatic heterocycles. The molecule has 98 valence electrons. The highest BCUT2D eigenvalue weighted by Crippen LogP contribution is 2.19. The maximum Gasteiger partial charge on any atom is 0.357 e. The molecule has 0 spiro atoms. The fraction of sp³-hybridized carbons (Fsp3) is 0.214. The number of hydrogen-bond donors (Lipinski definition) is 0. The second-order valence-electron chi connectivity index (χ2n) is 4.06. The first-order chi connectivity index (χ1) is 9.06. The molecule has 0 fully saturated rings. The van der Waals surface area contributed by atoms with Gasteiger partial charge < -0.3 is 9.47 Å². The van der Waals surface area contributed by atoms with Crippen LogP contribution in [0.25, 0.3) is 10.9 Å². The van der Waals surface area contributed by atoms with Gasteiger partial charge >= 0.3 is 11.9 Å². The summed E-state index contributed by atoms with van der Waals surface area (Å²) in [5.41, 5.74) is 1.73. The molecule has 0 atom stereocenters. The number of aromatic nitrogens is 1. The van der Waals surface area contributed by atoms with Crippen molar-refractivity contribution in [2.75, 3.05) is 14.2 Å². The van der Waals surface area contributed by atoms with Crippen molar-refractivity contribution in [1.82, 2.24) is 4.98 Å². The van der Waals surface area contributed by atoms with Gasteiger partial charge in [0.25, 0.3) is 0 Å². The number of nitrogens with zero attached hydrogens (tertiary/aromatic N) is 1. The van der Waals surface area contributed by atoms with Crippen molar-refractivity contribution in [2.45, 2.75) is 6.92 Å². The van der Waals surface area contributed by atoms with E-state index in [1.165, 1.54) is 14.2 Å². The Morgan fingerprint density at radius 3 is 2.37 bits per heavy atom. The zero-order valence-corrected chi connectivity index (χ0v) is 10.9. The number of benzene rings is 1. The van der Waals surface area contributed by atoms with E-state index in [4.69, 9.17) is 0 Å². The molecule has 0 bridgehead atoms. The average molecular weight is 259 g/mol. The van der Waals surface area contributed by atoms with Crippen LogP contribution >= 0.6 is 0 Å². The van der Waals surface area contributed by atoms with E-state index < -0.39 is 11.9 Å². The number of fused-ring (bicyclic) bond motifs is 1. The zero-order chi connectivity index (χ0) is 14.0. The smallest absolute Gasteiger partial charge is 0.357 e. The first-order valence-corrected chi connectivity index (χ1v) is 5.65. The summed E-state index contributed by atoms with van der Waals surface area (Å²) in [4.78, 5) is 27.6. The number of hydrogen-bond acceptors (Lipinski definition) is 5. The molecule has 0 unspecified atom stereocenters. The Hall–Kier alpha value is -2.43. The second-order valence-corrected chi connectivity index (χ2v) is 4.06. The molecule has 0 N–H and O–H groups in total. The first-order valence-electron chi connectivity index (χ1n) is 5.65. The van der Waals surface area contributed by atoms with E-state index in [2.05, 4.69) is 14.5 Å². The summed E-state index contributed by atoms with van der Waals surface area (Å²) in [5.74, 6) is -1.28. The quantitative estimate of drug-likeness (QED) is 0.773. The molecule has 2 rings (SSSR count). The van der Waals surface area contributed by atoms with E-state index in [0.717, 1.165) is 10.9 Å². The lowest BCUT2D eigenvalue weighted by Crippen LogP contribution is -2.14. The minimum Gasteiger partial charge on any atom is -0.465 e. The van der Waals surface area contributed by atoms with E-state index >= 15 is 0 Å². The van der Waals surface area contributed by atoms with Gasteiger partial charge in [-0.15, -0.1) is 0 Å². The summed E-state index contributed by atoms with van der Waals surface area (Å²) in [6.45, 7) is 1.94. The average Bonchev–Trinajstić information content (AvgIpc) is 2.44. The molecule has 1 aromatic carbocycles. The van der Waals surface area contributed by atoms with Crippen LogP contribution in [0.2, 0.25) is 0 Å². The molecule has 0 amide bonds. The molecule has 0 aliphatic rings. The SMILES string of the molecule is COC(=O)c1cc2cc(C)ccc2nc1C(=O)OC. The van der Waals surface area contributed by atoms with Crippen molar-refractivity contribution in [3.05, 3.63) is 41.1 Å². The maximum atomic E-state index is 11.7. The molecule has 19 heavy (non-hydrogen) atoms. The Morgan fingerprint density at radius 2 is 1.74 bits per heavy atom. The van der Waals surface area contributed by atoms with Crippen LogP contribution in [0.4, 0.5) is 0 Å². The molecular formula is C14H13NO4. The van der Waals surface area contributed by atoms with E-state index in [1.807, 2.05) is 19.1 Å². The van der Waals surface area contributed by atoms with Gasteiger partial charge in [-0.1, -0.05) is 11.6 Å². The maximum absolute atomic E-state index is 11.7. The van der Waals surface area contributed by atoms with Crippen LogP contribution in [0.3, 0.4) is 0 Å². The number of rotatable bonds is 2. The van der Waals surface area contributed by atoms with Gasteiger partial charge in [0.1, 0.15) is 0 Å². The van der Waals surface area contributed by atoms with Crippen molar-refractivity contribution >= 4 is 22.8 Å². The lowest BCUT2D eigenvalue weighted by atomic mass is 10.1. The molecule has 2 aromatic rings. The number of carbonyl (C=O) groups excluding carboxylic acids is 2. The Balaban J connectivity index is 2.73. The van der Waals surface area contributed by atoms with Gasteiger partial charge in [-0.05, 0) is 25.1 Å². The van der Waals surface area contributed by atoms with Crippen LogP contribution in [-0.2, 0) is 9.47 Å². The molecule has 0 radical (unpaired) electrons. The van der Waals surface area contributed by atoms with Crippen molar-refractivity contribution in [3.63, 3.8) is 0 Å². The highest BCUT2D eigenvalue weighted by molar-refractivity contribution is 6.04.